The second-order valence-corrected chi connectivity index (χ2v) is 5.73. The minimum absolute atomic E-state index is 0.251. The van der Waals surface area contributed by atoms with Gasteiger partial charge in [0.1, 0.15) is 0 Å². The van der Waals surface area contributed by atoms with Crippen LogP contribution in [0.25, 0.3) is 0 Å². The van der Waals surface area contributed by atoms with Gasteiger partial charge >= 0.3 is 0 Å². The summed E-state index contributed by atoms with van der Waals surface area (Å²) in [6, 6.07) is 3.96. The molecule has 1 aromatic heterocycles. The Balaban J connectivity index is 1.82. The molecule has 22 heavy (non-hydrogen) atoms. The molecule has 0 saturated carbocycles. The second-order valence-electron chi connectivity index (χ2n) is 5.73. The number of carbonyl (C=O) groups excluding carboxylic acids is 1. The highest BCUT2D eigenvalue weighted by molar-refractivity contribution is 5.76. The molecule has 1 aliphatic rings. The van der Waals surface area contributed by atoms with Gasteiger partial charge in [-0.05, 0) is 30.5 Å². The first-order chi connectivity index (χ1) is 10.8. The van der Waals surface area contributed by atoms with Crippen LogP contribution in [0.5, 0.6) is 0 Å². The molecular formula is C17H27N3O2. The van der Waals surface area contributed by atoms with E-state index >= 15 is 0 Å². The van der Waals surface area contributed by atoms with Crippen molar-refractivity contribution in [3.8, 4) is 0 Å². The third kappa shape index (κ3) is 5.73. The van der Waals surface area contributed by atoms with Gasteiger partial charge in [0.05, 0.1) is 13.2 Å². The average molecular weight is 305 g/mol. The van der Waals surface area contributed by atoms with Crippen molar-refractivity contribution in [1.82, 2.24) is 14.8 Å². The molecule has 0 atom stereocenters. The summed E-state index contributed by atoms with van der Waals surface area (Å²) in [5.74, 6) is 0.251. The van der Waals surface area contributed by atoms with E-state index in [0.717, 1.165) is 57.8 Å². The normalized spacial score (nSPS) is 15.7. The summed E-state index contributed by atoms with van der Waals surface area (Å²) in [6.07, 6.45) is 6.11. The standard InChI is InChI=1S/C17H27N3O2/c1-2-4-17(21)20(15-16-5-7-18-8-6-16)10-3-9-19-11-13-22-14-12-19/h5-8H,2-4,9-15H2,1H3. The van der Waals surface area contributed by atoms with Gasteiger partial charge in [-0.2, -0.15) is 0 Å². The smallest absolute Gasteiger partial charge is 0.222 e. The monoisotopic (exact) mass is 305 g/mol. The van der Waals surface area contributed by atoms with Gasteiger partial charge in [-0.3, -0.25) is 14.7 Å². The number of amides is 1. The van der Waals surface area contributed by atoms with Gasteiger partial charge < -0.3 is 9.64 Å². The molecule has 0 N–H and O–H groups in total. The highest BCUT2D eigenvalue weighted by Crippen LogP contribution is 2.08. The molecular weight excluding hydrogens is 278 g/mol. The van der Waals surface area contributed by atoms with Gasteiger partial charge in [0, 0.05) is 51.5 Å². The molecule has 0 spiro atoms. The van der Waals surface area contributed by atoms with Gasteiger partial charge in [-0.1, -0.05) is 6.92 Å². The largest absolute Gasteiger partial charge is 0.379 e. The topological polar surface area (TPSA) is 45.7 Å². The fourth-order valence-corrected chi connectivity index (χ4v) is 2.68. The molecule has 1 amide bonds. The van der Waals surface area contributed by atoms with Crippen LogP contribution >= 0.6 is 0 Å². The third-order valence-electron chi connectivity index (χ3n) is 3.95. The lowest BCUT2D eigenvalue weighted by atomic mass is 10.2. The lowest BCUT2D eigenvalue weighted by Crippen LogP contribution is -2.39. The maximum Gasteiger partial charge on any atom is 0.222 e. The van der Waals surface area contributed by atoms with E-state index in [4.69, 9.17) is 4.74 Å². The Bertz CT molecular complexity index is 433. The minimum atomic E-state index is 0.251. The third-order valence-corrected chi connectivity index (χ3v) is 3.95. The summed E-state index contributed by atoms with van der Waals surface area (Å²) in [7, 11) is 0. The lowest BCUT2D eigenvalue weighted by molar-refractivity contribution is -0.132. The maximum atomic E-state index is 12.3. The zero-order valence-electron chi connectivity index (χ0n) is 13.5. The highest BCUT2D eigenvalue weighted by Gasteiger charge is 2.15. The number of pyridine rings is 1. The van der Waals surface area contributed by atoms with E-state index < -0.39 is 0 Å². The van der Waals surface area contributed by atoms with Crippen LogP contribution in [-0.4, -0.2) is 60.1 Å². The number of rotatable bonds is 8. The second kappa shape index (κ2) is 9.54. The van der Waals surface area contributed by atoms with Crippen molar-refractivity contribution >= 4 is 5.91 Å². The predicted octanol–water partition coefficient (Wildman–Crippen LogP) is 1.93. The number of hydrogen-bond donors (Lipinski definition) is 0. The number of morpholine rings is 1. The summed E-state index contributed by atoms with van der Waals surface area (Å²) >= 11 is 0. The molecule has 5 nitrogen and oxygen atoms in total. The van der Waals surface area contributed by atoms with E-state index in [1.165, 1.54) is 0 Å². The Morgan fingerprint density at radius 2 is 2.05 bits per heavy atom. The fraction of sp³-hybridized carbons (Fsp3) is 0.647. The van der Waals surface area contributed by atoms with Crippen molar-refractivity contribution in [1.29, 1.82) is 0 Å². The molecule has 0 radical (unpaired) electrons. The van der Waals surface area contributed by atoms with Gasteiger partial charge in [0.15, 0.2) is 0 Å². The van der Waals surface area contributed by atoms with E-state index in [1.54, 1.807) is 12.4 Å². The summed E-state index contributed by atoms with van der Waals surface area (Å²) in [6.45, 7) is 8.26. The van der Waals surface area contributed by atoms with Gasteiger partial charge in [0.25, 0.3) is 0 Å². The Morgan fingerprint density at radius 3 is 2.73 bits per heavy atom. The zero-order chi connectivity index (χ0) is 15.6. The molecule has 5 heteroatoms. The van der Waals surface area contributed by atoms with Crippen LogP contribution in [0.3, 0.4) is 0 Å². The Morgan fingerprint density at radius 1 is 1.32 bits per heavy atom. The fourth-order valence-electron chi connectivity index (χ4n) is 2.68. The minimum Gasteiger partial charge on any atom is -0.379 e. The van der Waals surface area contributed by atoms with Gasteiger partial charge in [-0.25, -0.2) is 0 Å². The van der Waals surface area contributed by atoms with Gasteiger partial charge in [0.2, 0.25) is 5.91 Å². The van der Waals surface area contributed by atoms with Crippen molar-refractivity contribution in [2.75, 3.05) is 39.4 Å². The number of aromatic nitrogens is 1. The van der Waals surface area contributed by atoms with E-state index in [-0.39, 0.29) is 5.91 Å². The first-order valence-corrected chi connectivity index (χ1v) is 8.26. The van der Waals surface area contributed by atoms with Crippen molar-refractivity contribution < 1.29 is 9.53 Å². The molecule has 122 valence electrons. The first-order valence-electron chi connectivity index (χ1n) is 8.26. The molecule has 0 unspecified atom stereocenters. The van der Waals surface area contributed by atoms with Crippen LogP contribution < -0.4 is 0 Å². The average Bonchev–Trinajstić information content (AvgIpc) is 2.56. The SMILES string of the molecule is CCCC(=O)N(CCCN1CCOCC1)Cc1ccncc1. The number of ether oxygens (including phenoxy) is 1. The molecule has 1 fully saturated rings. The van der Waals surface area contributed by atoms with Crippen LogP contribution in [0, 0.1) is 0 Å². The number of hydrogen-bond acceptors (Lipinski definition) is 4. The van der Waals surface area contributed by atoms with E-state index in [1.807, 2.05) is 17.0 Å². The number of nitrogens with zero attached hydrogens (tertiary/aromatic N) is 3. The van der Waals surface area contributed by atoms with E-state index in [2.05, 4.69) is 16.8 Å². The molecule has 2 rings (SSSR count). The summed E-state index contributed by atoms with van der Waals surface area (Å²) in [5.41, 5.74) is 1.14. The van der Waals surface area contributed by atoms with Crippen molar-refractivity contribution in [2.24, 2.45) is 0 Å². The van der Waals surface area contributed by atoms with Crippen LogP contribution in [0.2, 0.25) is 0 Å². The zero-order valence-corrected chi connectivity index (χ0v) is 13.5. The van der Waals surface area contributed by atoms with Gasteiger partial charge in [-0.15, -0.1) is 0 Å². The van der Waals surface area contributed by atoms with Crippen molar-refractivity contribution in [3.05, 3.63) is 30.1 Å². The first kappa shape index (κ1) is 16.9. The lowest BCUT2D eigenvalue weighted by Gasteiger charge is -2.28. The molecule has 0 aliphatic carbocycles. The van der Waals surface area contributed by atoms with E-state index in [0.29, 0.717) is 13.0 Å². The molecule has 1 saturated heterocycles. The Kier molecular flexibility index (Phi) is 7.33. The summed E-state index contributed by atoms with van der Waals surface area (Å²) in [4.78, 5) is 20.7. The highest BCUT2D eigenvalue weighted by atomic mass is 16.5. The quantitative estimate of drug-likeness (QED) is 0.736. The molecule has 1 aliphatic heterocycles. The van der Waals surface area contributed by atoms with Crippen LogP contribution in [0.1, 0.15) is 31.7 Å². The Hall–Kier alpha value is -1.46. The summed E-state index contributed by atoms with van der Waals surface area (Å²) in [5, 5.41) is 0. The van der Waals surface area contributed by atoms with Crippen LogP contribution in [0.15, 0.2) is 24.5 Å². The Labute approximate surface area is 133 Å². The molecule has 2 heterocycles. The maximum absolute atomic E-state index is 12.3. The summed E-state index contributed by atoms with van der Waals surface area (Å²) < 4.78 is 5.36. The predicted molar refractivity (Wildman–Crippen MR) is 86.4 cm³/mol. The molecule has 0 bridgehead atoms. The van der Waals surface area contributed by atoms with Crippen LogP contribution in [-0.2, 0) is 16.1 Å². The van der Waals surface area contributed by atoms with E-state index in [9.17, 15) is 4.79 Å². The van der Waals surface area contributed by atoms with Crippen molar-refractivity contribution in [3.63, 3.8) is 0 Å². The number of carbonyl (C=O) groups is 1. The van der Waals surface area contributed by atoms with Crippen molar-refractivity contribution in [2.45, 2.75) is 32.7 Å². The van der Waals surface area contributed by atoms with Crippen LogP contribution in [0.4, 0.5) is 0 Å². The molecule has 0 aromatic carbocycles. The molecule has 1 aromatic rings.